The fourth-order valence-corrected chi connectivity index (χ4v) is 3.02. The zero-order chi connectivity index (χ0) is 16.1. The molecule has 0 aliphatic rings. The molecule has 0 atom stereocenters. The summed E-state index contributed by atoms with van der Waals surface area (Å²) in [7, 11) is 0. The van der Waals surface area contributed by atoms with Crippen molar-refractivity contribution < 1.29 is 9.59 Å². The zero-order valence-electron chi connectivity index (χ0n) is 11.8. The average molecular weight is 426 g/mol. The number of ketones is 1. The van der Waals surface area contributed by atoms with Crippen molar-refractivity contribution >= 4 is 54.9 Å². The van der Waals surface area contributed by atoms with Gasteiger partial charge < -0.3 is 10.6 Å². The summed E-state index contributed by atoms with van der Waals surface area (Å²) in [5.74, 6) is -0.219. The van der Waals surface area contributed by atoms with Crippen molar-refractivity contribution in [2.45, 2.75) is 6.92 Å². The van der Waals surface area contributed by atoms with E-state index in [1.54, 1.807) is 24.3 Å². The van der Waals surface area contributed by atoms with E-state index in [2.05, 4.69) is 42.5 Å². The van der Waals surface area contributed by atoms with Gasteiger partial charge in [0.25, 0.3) is 0 Å². The van der Waals surface area contributed by atoms with Gasteiger partial charge in [0.15, 0.2) is 5.78 Å². The first-order valence-electron chi connectivity index (χ1n) is 6.55. The number of nitrogens with one attached hydrogen (secondary N) is 2. The Bertz CT molecular complexity index is 717. The Labute approximate surface area is 145 Å². The van der Waals surface area contributed by atoms with E-state index in [-0.39, 0.29) is 18.2 Å². The molecule has 0 saturated heterocycles. The van der Waals surface area contributed by atoms with Gasteiger partial charge in [0, 0.05) is 25.9 Å². The van der Waals surface area contributed by atoms with Gasteiger partial charge in [0.2, 0.25) is 5.91 Å². The number of Topliss-reactive ketones (excluding diaryl/α,β-unsaturated/α-hetero) is 1. The largest absolute Gasteiger partial charge is 0.375 e. The maximum absolute atomic E-state index is 12.0. The molecule has 114 valence electrons. The fraction of sp³-hybridized carbons (Fsp3) is 0.125. The highest BCUT2D eigenvalue weighted by Crippen LogP contribution is 2.25. The number of carbonyl (C=O) groups excluding carboxylic acids is 2. The molecule has 2 aromatic rings. The molecule has 0 aliphatic heterocycles. The van der Waals surface area contributed by atoms with Crippen LogP contribution in [0.5, 0.6) is 0 Å². The highest BCUT2D eigenvalue weighted by molar-refractivity contribution is 9.11. The quantitative estimate of drug-likeness (QED) is 0.695. The van der Waals surface area contributed by atoms with Gasteiger partial charge in [-0.3, -0.25) is 9.59 Å². The Morgan fingerprint density at radius 1 is 1.09 bits per heavy atom. The van der Waals surface area contributed by atoms with Crippen LogP contribution in [0.3, 0.4) is 0 Å². The van der Waals surface area contributed by atoms with Gasteiger partial charge in [-0.25, -0.2) is 0 Å². The molecule has 2 rings (SSSR count). The SMILES string of the molecule is CC(=O)c1cccc(NC(=O)CNc2ccc(Br)cc2Br)c1. The van der Waals surface area contributed by atoms with E-state index in [0.29, 0.717) is 11.3 Å². The smallest absolute Gasteiger partial charge is 0.243 e. The third kappa shape index (κ3) is 4.68. The molecule has 0 heterocycles. The molecular formula is C16H14Br2N2O2. The van der Waals surface area contributed by atoms with Crippen LogP contribution in [0.4, 0.5) is 11.4 Å². The zero-order valence-corrected chi connectivity index (χ0v) is 15.0. The molecule has 0 unspecified atom stereocenters. The van der Waals surface area contributed by atoms with Crippen molar-refractivity contribution in [3.63, 3.8) is 0 Å². The minimum Gasteiger partial charge on any atom is -0.375 e. The van der Waals surface area contributed by atoms with Crippen LogP contribution < -0.4 is 10.6 Å². The standard InChI is InChI=1S/C16H14Br2N2O2/c1-10(21)11-3-2-4-13(7-11)20-16(22)9-19-15-6-5-12(17)8-14(15)18/h2-8,19H,9H2,1H3,(H,20,22). The second kappa shape index (κ2) is 7.56. The lowest BCUT2D eigenvalue weighted by atomic mass is 10.1. The first-order chi connectivity index (χ1) is 10.5. The van der Waals surface area contributed by atoms with E-state index in [1.165, 1.54) is 6.92 Å². The summed E-state index contributed by atoms with van der Waals surface area (Å²) in [6.45, 7) is 1.62. The molecule has 1 amide bonds. The van der Waals surface area contributed by atoms with Crippen LogP contribution in [-0.4, -0.2) is 18.2 Å². The number of rotatable bonds is 5. The van der Waals surface area contributed by atoms with Crippen molar-refractivity contribution in [2.24, 2.45) is 0 Å². The lowest BCUT2D eigenvalue weighted by molar-refractivity contribution is -0.114. The molecule has 4 nitrogen and oxygen atoms in total. The number of anilines is 2. The first-order valence-corrected chi connectivity index (χ1v) is 8.14. The molecular weight excluding hydrogens is 412 g/mol. The Morgan fingerprint density at radius 2 is 1.86 bits per heavy atom. The van der Waals surface area contributed by atoms with E-state index in [1.807, 2.05) is 18.2 Å². The molecule has 0 radical (unpaired) electrons. The third-order valence-corrected chi connectivity index (χ3v) is 4.07. The summed E-state index contributed by atoms with van der Waals surface area (Å²) < 4.78 is 1.82. The monoisotopic (exact) mass is 424 g/mol. The van der Waals surface area contributed by atoms with Crippen molar-refractivity contribution in [2.75, 3.05) is 17.2 Å². The number of hydrogen-bond acceptors (Lipinski definition) is 3. The van der Waals surface area contributed by atoms with Gasteiger partial charge in [-0.2, -0.15) is 0 Å². The number of carbonyl (C=O) groups is 2. The molecule has 6 heteroatoms. The number of halogens is 2. The number of amides is 1. The molecule has 0 spiro atoms. The van der Waals surface area contributed by atoms with E-state index in [4.69, 9.17) is 0 Å². The van der Waals surface area contributed by atoms with Gasteiger partial charge in [-0.1, -0.05) is 28.1 Å². The summed E-state index contributed by atoms with van der Waals surface area (Å²) in [4.78, 5) is 23.3. The molecule has 2 aromatic carbocycles. The minimum atomic E-state index is -0.185. The van der Waals surface area contributed by atoms with Gasteiger partial charge in [-0.05, 0) is 53.2 Å². The number of benzene rings is 2. The fourth-order valence-electron chi connectivity index (χ4n) is 1.83. The second-order valence-corrected chi connectivity index (χ2v) is 6.43. The van der Waals surface area contributed by atoms with E-state index >= 15 is 0 Å². The maximum atomic E-state index is 12.0. The van der Waals surface area contributed by atoms with E-state index in [9.17, 15) is 9.59 Å². The van der Waals surface area contributed by atoms with Crippen molar-refractivity contribution in [3.05, 3.63) is 57.0 Å². The Morgan fingerprint density at radius 3 is 2.55 bits per heavy atom. The first kappa shape index (κ1) is 16.7. The van der Waals surface area contributed by atoms with Crippen LogP contribution in [0.25, 0.3) is 0 Å². The van der Waals surface area contributed by atoms with Gasteiger partial charge in [0.05, 0.1) is 6.54 Å². The van der Waals surface area contributed by atoms with E-state index < -0.39 is 0 Å². The van der Waals surface area contributed by atoms with Crippen LogP contribution >= 0.6 is 31.9 Å². The second-order valence-electron chi connectivity index (χ2n) is 4.66. The van der Waals surface area contributed by atoms with Crippen LogP contribution in [0, 0.1) is 0 Å². The molecule has 0 saturated carbocycles. The third-order valence-electron chi connectivity index (χ3n) is 2.92. The summed E-state index contributed by atoms with van der Waals surface area (Å²) >= 11 is 6.80. The van der Waals surface area contributed by atoms with Gasteiger partial charge >= 0.3 is 0 Å². The predicted octanol–water partition coefficient (Wildman–Crippen LogP) is 4.46. The minimum absolute atomic E-state index is 0.0342. The maximum Gasteiger partial charge on any atom is 0.243 e. The molecule has 0 aromatic heterocycles. The average Bonchev–Trinajstić information content (AvgIpc) is 2.46. The van der Waals surface area contributed by atoms with Gasteiger partial charge in [-0.15, -0.1) is 0 Å². The summed E-state index contributed by atoms with van der Waals surface area (Å²) in [5.41, 5.74) is 2.01. The van der Waals surface area contributed by atoms with Gasteiger partial charge in [0.1, 0.15) is 0 Å². The van der Waals surface area contributed by atoms with Crippen molar-refractivity contribution in [1.29, 1.82) is 0 Å². The van der Waals surface area contributed by atoms with Crippen LogP contribution in [0.15, 0.2) is 51.4 Å². The van der Waals surface area contributed by atoms with Crippen molar-refractivity contribution in [1.82, 2.24) is 0 Å². The van der Waals surface area contributed by atoms with E-state index in [0.717, 1.165) is 14.6 Å². The van der Waals surface area contributed by atoms with Crippen LogP contribution in [0.1, 0.15) is 17.3 Å². The normalized spacial score (nSPS) is 10.1. The van der Waals surface area contributed by atoms with Crippen molar-refractivity contribution in [3.8, 4) is 0 Å². The lowest BCUT2D eigenvalue weighted by Gasteiger charge is -2.10. The topological polar surface area (TPSA) is 58.2 Å². The lowest BCUT2D eigenvalue weighted by Crippen LogP contribution is -2.22. The van der Waals surface area contributed by atoms with Crippen LogP contribution in [-0.2, 0) is 4.79 Å². The molecule has 0 fully saturated rings. The summed E-state index contributed by atoms with van der Waals surface area (Å²) in [5, 5.41) is 5.81. The highest BCUT2D eigenvalue weighted by Gasteiger charge is 2.06. The molecule has 0 aliphatic carbocycles. The Hall–Kier alpha value is -1.66. The molecule has 22 heavy (non-hydrogen) atoms. The summed E-state index contributed by atoms with van der Waals surface area (Å²) in [6, 6.07) is 12.5. The highest BCUT2D eigenvalue weighted by atomic mass is 79.9. The predicted molar refractivity (Wildman–Crippen MR) is 95.4 cm³/mol. The molecule has 2 N–H and O–H groups in total. The molecule has 0 bridgehead atoms. The number of hydrogen-bond donors (Lipinski definition) is 2. The Kier molecular flexibility index (Phi) is 5.74. The Balaban J connectivity index is 1.95. The van der Waals surface area contributed by atoms with Crippen LogP contribution in [0.2, 0.25) is 0 Å². The summed E-state index contributed by atoms with van der Waals surface area (Å²) in [6.07, 6.45) is 0.